The van der Waals surface area contributed by atoms with E-state index in [0.717, 1.165) is 16.8 Å². The summed E-state index contributed by atoms with van der Waals surface area (Å²) in [7, 11) is 3.97. The van der Waals surface area contributed by atoms with Crippen LogP contribution in [-0.4, -0.2) is 43.0 Å². The van der Waals surface area contributed by atoms with E-state index in [4.69, 9.17) is 11.6 Å². The maximum atomic E-state index is 13.0. The van der Waals surface area contributed by atoms with E-state index in [9.17, 15) is 4.79 Å². The third-order valence-electron chi connectivity index (χ3n) is 3.60. The maximum Gasteiger partial charge on any atom is 0.260 e. The summed E-state index contributed by atoms with van der Waals surface area (Å²) < 4.78 is 1.07. The van der Waals surface area contributed by atoms with E-state index >= 15 is 0 Å². The van der Waals surface area contributed by atoms with Crippen molar-refractivity contribution in [3.8, 4) is 0 Å². The van der Waals surface area contributed by atoms with Crippen molar-refractivity contribution in [3.63, 3.8) is 0 Å². The van der Waals surface area contributed by atoms with Gasteiger partial charge in [-0.05, 0) is 44.4 Å². The highest BCUT2D eigenvalue weighted by molar-refractivity contribution is 7.22. The Morgan fingerprint density at radius 3 is 2.62 bits per heavy atom. The first-order valence-corrected chi connectivity index (χ1v) is 8.82. The zero-order chi connectivity index (χ0) is 17.1. The van der Waals surface area contributed by atoms with E-state index in [0.29, 0.717) is 22.3 Å². The number of para-hydroxylation sites is 1. The topological polar surface area (TPSA) is 36.4 Å². The minimum absolute atomic E-state index is 0.0848. The molecule has 0 aliphatic heterocycles. The number of hydrogen-bond acceptors (Lipinski definition) is 4. The van der Waals surface area contributed by atoms with Crippen molar-refractivity contribution >= 4 is 44.2 Å². The number of nitrogens with zero attached hydrogens (tertiary/aromatic N) is 3. The lowest BCUT2D eigenvalue weighted by Gasteiger charge is -2.22. The number of halogens is 1. The van der Waals surface area contributed by atoms with Gasteiger partial charge in [-0.2, -0.15) is 0 Å². The van der Waals surface area contributed by atoms with E-state index in [2.05, 4.69) is 4.98 Å². The lowest BCUT2D eigenvalue weighted by Crippen LogP contribution is -2.36. The molecule has 0 unspecified atom stereocenters. The molecule has 3 rings (SSSR count). The molecule has 1 heterocycles. The van der Waals surface area contributed by atoms with Crippen LogP contribution in [0.4, 0.5) is 5.13 Å². The largest absolute Gasteiger partial charge is 0.308 e. The van der Waals surface area contributed by atoms with E-state index in [1.54, 1.807) is 29.2 Å². The number of thiazole rings is 1. The summed E-state index contributed by atoms with van der Waals surface area (Å²) >= 11 is 7.57. The maximum absolute atomic E-state index is 13.0. The molecule has 0 saturated carbocycles. The van der Waals surface area contributed by atoms with Gasteiger partial charge in [0.25, 0.3) is 5.91 Å². The summed E-state index contributed by atoms with van der Waals surface area (Å²) in [6, 6.07) is 14.9. The van der Waals surface area contributed by atoms with Crippen molar-refractivity contribution in [3.05, 3.63) is 59.1 Å². The molecular formula is C18H18ClN3OS. The highest BCUT2D eigenvalue weighted by Crippen LogP contribution is 2.29. The Bertz CT molecular complexity index is 829. The molecule has 0 radical (unpaired) electrons. The van der Waals surface area contributed by atoms with Crippen molar-refractivity contribution in [1.29, 1.82) is 0 Å². The third-order valence-corrected chi connectivity index (χ3v) is 4.90. The molecule has 0 spiro atoms. The molecule has 1 amide bonds. The SMILES string of the molecule is CN(C)CCN(C(=O)c1cccc(Cl)c1)c1nc2ccccc2s1. The fraction of sp³-hybridized carbons (Fsp3) is 0.222. The Hall–Kier alpha value is -1.95. The number of benzene rings is 2. The van der Waals surface area contributed by atoms with Gasteiger partial charge < -0.3 is 4.90 Å². The van der Waals surface area contributed by atoms with E-state index in [-0.39, 0.29) is 5.91 Å². The molecule has 6 heteroatoms. The summed E-state index contributed by atoms with van der Waals surface area (Å²) in [5.41, 5.74) is 1.48. The van der Waals surface area contributed by atoms with E-state index in [1.807, 2.05) is 43.3 Å². The molecule has 0 N–H and O–H groups in total. The third kappa shape index (κ3) is 3.75. The Kier molecular flexibility index (Phi) is 5.14. The highest BCUT2D eigenvalue weighted by atomic mass is 35.5. The van der Waals surface area contributed by atoms with Crippen LogP contribution in [0.2, 0.25) is 5.02 Å². The van der Waals surface area contributed by atoms with E-state index < -0.39 is 0 Å². The predicted molar refractivity (Wildman–Crippen MR) is 101 cm³/mol. The fourth-order valence-corrected chi connectivity index (χ4v) is 3.52. The standard InChI is InChI=1S/C18H18ClN3OS/c1-21(2)10-11-22(17(23)13-6-5-7-14(19)12-13)18-20-15-8-3-4-9-16(15)24-18/h3-9,12H,10-11H2,1-2H3. The van der Waals surface area contributed by atoms with Gasteiger partial charge >= 0.3 is 0 Å². The first kappa shape index (κ1) is 16.9. The van der Waals surface area contributed by atoms with Crippen molar-refractivity contribution in [1.82, 2.24) is 9.88 Å². The van der Waals surface area contributed by atoms with Gasteiger partial charge in [0.1, 0.15) is 0 Å². The van der Waals surface area contributed by atoms with E-state index in [1.165, 1.54) is 11.3 Å². The lowest BCUT2D eigenvalue weighted by molar-refractivity contribution is 0.0985. The number of hydrogen-bond donors (Lipinski definition) is 0. The molecule has 0 bridgehead atoms. The summed E-state index contributed by atoms with van der Waals surface area (Å²) in [5, 5.41) is 1.26. The van der Waals surface area contributed by atoms with Crippen molar-refractivity contribution in [2.75, 3.05) is 32.1 Å². The van der Waals surface area contributed by atoms with Crippen molar-refractivity contribution < 1.29 is 4.79 Å². The molecule has 2 aromatic carbocycles. The molecule has 1 aromatic heterocycles. The Morgan fingerprint density at radius 2 is 1.92 bits per heavy atom. The number of likely N-dealkylation sites (N-methyl/N-ethyl adjacent to an activating group) is 1. The zero-order valence-corrected chi connectivity index (χ0v) is 15.1. The number of aromatic nitrogens is 1. The number of anilines is 1. The lowest BCUT2D eigenvalue weighted by atomic mass is 10.2. The van der Waals surface area contributed by atoms with Gasteiger partial charge in [0.15, 0.2) is 5.13 Å². The molecule has 3 aromatic rings. The van der Waals surface area contributed by atoms with Crippen LogP contribution < -0.4 is 4.90 Å². The van der Waals surface area contributed by atoms with Crippen LogP contribution in [0.1, 0.15) is 10.4 Å². The second-order valence-corrected chi connectivity index (χ2v) is 7.18. The van der Waals surface area contributed by atoms with Crippen molar-refractivity contribution in [2.24, 2.45) is 0 Å². The summed E-state index contributed by atoms with van der Waals surface area (Å²) in [4.78, 5) is 21.4. The van der Waals surface area contributed by atoms with Crippen LogP contribution in [0.5, 0.6) is 0 Å². The normalized spacial score (nSPS) is 11.2. The average molecular weight is 360 g/mol. The van der Waals surface area contributed by atoms with Gasteiger partial charge in [-0.1, -0.05) is 41.1 Å². The van der Waals surface area contributed by atoms with Gasteiger partial charge in [-0.3, -0.25) is 9.69 Å². The van der Waals surface area contributed by atoms with Crippen LogP contribution in [0, 0.1) is 0 Å². The van der Waals surface area contributed by atoms with Gasteiger partial charge in [0.05, 0.1) is 10.2 Å². The summed E-state index contributed by atoms with van der Waals surface area (Å²) in [6.07, 6.45) is 0. The summed E-state index contributed by atoms with van der Waals surface area (Å²) in [6.45, 7) is 1.32. The smallest absolute Gasteiger partial charge is 0.260 e. The van der Waals surface area contributed by atoms with Gasteiger partial charge in [0.2, 0.25) is 0 Å². The van der Waals surface area contributed by atoms with Crippen LogP contribution in [0.15, 0.2) is 48.5 Å². The van der Waals surface area contributed by atoms with Crippen molar-refractivity contribution in [2.45, 2.75) is 0 Å². The number of amides is 1. The van der Waals surface area contributed by atoms with Crippen LogP contribution in [0.3, 0.4) is 0 Å². The number of fused-ring (bicyclic) bond motifs is 1. The fourth-order valence-electron chi connectivity index (χ4n) is 2.34. The molecule has 24 heavy (non-hydrogen) atoms. The molecule has 0 aliphatic carbocycles. The molecule has 0 fully saturated rings. The quantitative estimate of drug-likeness (QED) is 0.686. The second kappa shape index (κ2) is 7.30. The first-order valence-electron chi connectivity index (χ1n) is 7.62. The van der Waals surface area contributed by atoms with Gasteiger partial charge in [-0.15, -0.1) is 0 Å². The summed E-state index contributed by atoms with van der Waals surface area (Å²) in [5.74, 6) is -0.0848. The molecule has 124 valence electrons. The van der Waals surface area contributed by atoms with Gasteiger partial charge in [-0.25, -0.2) is 4.98 Å². The minimum atomic E-state index is -0.0848. The molecule has 0 aliphatic rings. The van der Waals surface area contributed by atoms with Gasteiger partial charge in [0, 0.05) is 23.7 Å². The molecular weight excluding hydrogens is 342 g/mol. The number of carbonyl (C=O) groups excluding carboxylic acids is 1. The molecule has 0 atom stereocenters. The average Bonchev–Trinajstić information content (AvgIpc) is 2.98. The Morgan fingerprint density at radius 1 is 1.12 bits per heavy atom. The Labute approximate surface area is 150 Å². The Balaban J connectivity index is 1.97. The zero-order valence-electron chi connectivity index (χ0n) is 13.6. The second-order valence-electron chi connectivity index (χ2n) is 5.73. The monoisotopic (exact) mass is 359 g/mol. The van der Waals surface area contributed by atoms with Crippen LogP contribution in [-0.2, 0) is 0 Å². The van der Waals surface area contributed by atoms with Crippen LogP contribution in [0.25, 0.3) is 10.2 Å². The highest BCUT2D eigenvalue weighted by Gasteiger charge is 2.21. The predicted octanol–water partition coefficient (Wildman–Crippen LogP) is 4.16. The van der Waals surface area contributed by atoms with Crippen LogP contribution >= 0.6 is 22.9 Å². The molecule has 4 nitrogen and oxygen atoms in total. The molecule has 0 saturated heterocycles. The number of rotatable bonds is 5. The number of carbonyl (C=O) groups is 1. The first-order chi connectivity index (χ1) is 11.5. The minimum Gasteiger partial charge on any atom is -0.308 e.